The topological polar surface area (TPSA) is 76.8 Å². The van der Waals surface area contributed by atoms with E-state index in [2.05, 4.69) is 0 Å². The van der Waals surface area contributed by atoms with Gasteiger partial charge in [0.25, 0.3) is 10.0 Å². The van der Waals surface area contributed by atoms with Crippen LogP contribution in [0.5, 0.6) is 5.75 Å². The first-order valence-electron chi connectivity index (χ1n) is 8.01. The van der Waals surface area contributed by atoms with Gasteiger partial charge in [-0.1, -0.05) is 24.3 Å². The fourth-order valence-electron chi connectivity index (χ4n) is 3.08. The van der Waals surface area contributed by atoms with Gasteiger partial charge in [0.05, 0.1) is 18.4 Å². The first kappa shape index (κ1) is 18.1. The van der Waals surface area contributed by atoms with Crippen molar-refractivity contribution in [2.75, 3.05) is 11.4 Å². The summed E-state index contributed by atoms with van der Waals surface area (Å²) in [5.74, 6) is 0.370. The summed E-state index contributed by atoms with van der Waals surface area (Å²) >= 11 is 1.97. The standard InChI is InChI=1S/C19H14INO5S/c1-25-13-6-8-14(9-7-13)27(23,24)21-16-11-17(20)26-19(16)15-5-3-2-4-12(15)10-18(21)22/h2-9,11H,10H2,1H3. The molecule has 3 aromatic rings. The van der Waals surface area contributed by atoms with Crippen molar-refractivity contribution < 1.29 is 22.4 Å². The van der Waals surface area contributed by atoms with Crippen LogP contribution in [0.15, 0.2) is 63.9 Å². The van der Waals surface area contributed by atoms with Crippen molar-refractivity contribution in [3.05, 3.63) is 63.9 Å². The molecule has 0 unspecified atom stereocenters. The normalized spacial score (nSPS) is 13.7. The molecule has 1 aliphatic heterocycles. The van der Waals surface area contributed by atoms with E-state index in [1.807, 2.05) is 40.8 Å². The summed E-state index contributed by atoms with van der Waals surface area (Å²) in [5, 5.41) is 0. The van der Waals surface area contributed by atoms with E-state index in [9.17, 15) is 13.2 Å². The molecule has 0 saturated heterocycles. The largest absolute Gasteiger partial charge is 0.497 e. The second kappa shape index (κ2) is 6.68. The molecule has 0 fully saturated rings. The Bertz CT molecular complexity index is 1140. The van der Waals surface area contributed by atoms with Crippen molar-refractivity contribution in [1.82, 2.24) is 0 Å². The lowest BCUT2D eigenvalue weighted by Gasteiger charge is -2.20. The fourth-order valence-corrected chi connectivity index (χ4v) is 5.01. The van der Waals surface area contributed by atoms with Gasteiger partial charge in [-0.15, -0.1) is 0 Å². The molecule has 2 aromatic carbocycles. The number of rotatable bonds is 3. The van der Waals surface area contributed by atoms with E-state index in [0.717, 1.165) is 15.4 Å². The molecule has 1 aliphatic rings. The molecule has 0 saturated carbocycles. The molecule has 4 rings (SSSR count). The van der Waals surface area contributed by atoms with Crippen molar-refractivity contribution in [1.29, 1.82) is 0 Å². The Morgan fingerprint density at radius 3 is 2.52 bits per heavy atom. The summed E-state index contributed by atoms with van der Waals surface area (Å²) in [4.78, 5) is 13.0. The van der Waals surface area contributed by atoms with Crippen molar-refractivity contribution >= 4 is 44.2 Å². The highest BCUT2D eigenvalue weighted by molar-refractivity contribution is 14.1. The minimum atomic E-state index is -4.11. The summed E-state index contributed by atoms with van der Waals surface area (Å²) in [6.45, 7) is 0. The molecule has 0 spiro atoms. The van der Waals surface area contributed by atoms with Crippen molar-refractivity contribution in [2.24, 2.45) is 0 Å². The van der Waals surface area contributed by atoms with Crippen molar-refractivity contribution in [3.63, 3.8) is 0 Å². The zero-order valence-corrected chi connectivity index (χ0v) is 17.2. The fraction of sp³-hybridized carbons (Fsp3) is 0.105. The first-order valence-corrected chi connectivity index (χ1v) is 10.5. The number of halogens is 1. The molecular formula is C19H14INO5S. The number of anilines is 1. The number of hydrogen-bond acceptors (Lipinski definition) is 5. The average Bonchev–Trinajstić information content (AvgIpc) is 2.97. The van der Waals surface area contributed by atoms with Crippen LogP contribution in [0, 0.1) is 3.77 Å². The third-order valence-electron chi connectivity index (χ3n) is 4.33. The summed E-state index contributed by atoms with van der Waals surface area (Å²) in [5.41, 5.74) is 1.67. The summed E-state index contributed by atoms with van der Waals surface area (Å²) < 4.78 is 38.8. The Kier molecular flexibility index (Phi) is 4.47. The number of methoxy groups -OCH3 is 1. The third-order valence-corrected chi connectivity index (χ3v) is 6.61. The number of sulfonamides is 1. The van der Waals surface area contributed by atoms with E-state index in [1.165, 1.54) is 19.2 Å². The van der Waals surface area contributed by atoms with Crippen LogP contribution in [0.1, 0.15) is 5.56 Å². The van der Waals surface area contributed by atoms with Crippen LogP contribution < -0.4 is 9.04 Å². The average molecular weight is 495 g/mol. The van der Waals surface area contributed by atoms with Gasteiger partial charge in [0.15, 0.2) is 9.53 Å². The van der Waals surface area contributed by atoms with Crippen LogP contribution in [0.25, 0.3) is 11.3 Å². The van der Waals surface area contributed by atoms with E-state index >= 15 is 0 Å². The van der Waals surface area contributed by atoms with E-state index in [1.54, 1.807) is 24.3 Å². The van der Waals surface area contributed by atoms with E-state index < -0.39 is 15.9 Å². The molecule has 8 heteroatoms. The molecular weight excluding hydrogens is 481 g/mol. The quantitative estimate of drug-likeness (QED) is 0.517. The number of ether oxygens (including phenoxy) is 1. The minimum Gasteiger partial charge on any atom is -0.497 e. The Morgan fingerprint density at radius 2 is 1.81 bits per heavy atom. The lowest BCUT2D eigenvalue weighted by Crippen LogP contribution is -2.37. The maximum Gasteiger partial charge on any atom is 0.271 e. The highest BCUT2D eigenvalue weighted by atomic mass is 127. The van der Waals surface area contributed by atoms with Gasteiger partial charge in [0.1, 0.15) is 11.4 Å². The predicted molar refractivity (Wildman–Crippen MR) is 108 cm³/mol. The van der Waals surface area contributed by atoms with Crippen LogP contribution in [0.2, 0.25) is 0 Å². The predicted octanol–water partition coefficient (Wildman–Crippen LogP) is 3.84. The van der Waals surface area contributed by atoms with E-state index in [-0.39, 0.29) is 17.0 Å². The third kappa shape index (κ3) is 3.02. The number of nitrogens with zero attached hydrogens (tertiary/aromatic N) is 1. The molecule has 138 valence electrons. The number of furan rings is 1. The smallest absolute Gasteiger partial charge is 0.271 e. The second-order valence-electron chi connectivity index (χ2n) is 5.94. The molecule has 6 nitrogen and oxygen atoms in total. The van der Waals surface area contributed by atoms with Crippen LogP contribution >= 0.6 is 22.6 Å². The van der Waals surface area contributed by atoms with Crippen molar-refractivity contribution in [2.45, 2.75) is 11.3 Å². The molecule has 2 heterocycles. The van der Waals surface area contributed by atoms with Crippen LogP contribution in [0.3, 0.4) is 0 Å². The molecule has 1 aromatic heterocycles. The minimum absolute atomic E-state index is 0.00441. The van der Waals surface area contributed by atoms with Gasteiger partial charge in [-0.05, 0) is 52.4 Å². The maximum absolute atomic E-state index is 13.3. The van der Waals surface area contributed by atoms with Crippen molar-refractivity contribution in [3.8, 4) is 17.1 Å². The Hall–Kier alpha value is -2.33. The van der Waals surface area contributed by atoms with Crippen LogP contribution in [-0.2, 0) is 21.2 Å². The first-order chi connectivity index (χ1) is 12.9. The van der Waals surface area contributed by atoms with Gasteiger partial charge in [-0.25, -0.2) is 8.42 Å². The Morgan fingerprint density at radius 1 is 1.11 bits per heavy atom. The SMILES string of the molecule is COc1ccc(S(=O)(=O)N2C(=O)Cc3ccccc3-c3oc(I)cc32)cc1. The maximum atomic E-state index is 13.3. The summed E-state index contributed by atoms with van der Waals surface area (Å²) in [7, 11) is -2.61. The molecule has 0 radical (unpaired) electrons. The molecule has 0 aliphatic carbocycles. The second-order valence-corrected chi connectivity index (χ2v) is 8.79. The zero-order chi connectivity index (χ0) is 19.2. The van der Waals surface area contributed by atoms with Gasteiger partial charge in [-0.3, -0.25) is 4.79 Å². The molecule has 0 atom stereocenters. The summed E-state index contributed by atoms with van der Waals surface area (Å²) in [6.07, 6.45) is -0.0354. The Labute approximate surface area is 169 Å². The summed E-state index contributed by atoms with van der Waals surface area (Å²) in [6, 6.07) is 14.8. The van der Waals surface area contributed by atoms with Gasteiger partial charge >= 0.3 is 0 Å². The highest BCUT2D eigenvalue weighted by Crippen LogP contribution is 2.41. The molecule has 0 N–H and O–H groups in total. The van der Waals surface area contributed by atoms with E-state index in [0.29, 0.717) is 15.3 Å². The number of hydrogen-bond donors (Lipinski definition) is 0. The number of benzene rings is 2. The Balaban J connectivity index is 1.91. The van der Waals surface area contributed by atoms with Crippen LogP contribution in [0.4, 0.5) is 5.69 Å². The monoisotopic (exact) mass is 495 g/mol. The molecule has 27 heavy (non-hydrogen) atoms. The zero-order valence-electron chi connectivity index (χ0n) is 14.2. The lowest BCUT2D eigenvalue weighted by atomic mass is 10.0. The molecule has 0 bridgehead atoms. The molecule has 1 amide bonds. The van der Waals surface area contributed by atoms with Gasteiger partial charge < -0.3 is 9.15 Å². The number of amides is 1. The highest BCUT2D eigenvalue weighted by Gasteiger charge is 2.37. The van der Waals surface area contributed by atoms with Crippen LogP contribution in [-0.4, -0.2) is 21.4 Å². The van der Waals surface area contributed by atoms with Gasteiger partial charge in [-0.2, -0.15) is 4.31 Å². The lowest BCUT2D eigenvalue weighted by molar-refractivity contribution is -0.116. The number of carbonyl (C=O) groups excluding carboxylic acids is 1. The van der Waals surface area contributed by atoms with E-state index in [4.69, 9.17) is 9.15 Å². The van der Waals surface area contributed by atoms with Gasteiger partial charge in [0.2, 0.25) is 5.91 Å². The number of fused-ring (bicyclic) bond motifs is 3. The van der Waals surface area contributed by atoms with Gasteiger partial charge in [0, 0.05) is 11.6 Å². The number of carbonyl (C=O) groups is 1.